The van der Waals surface area contributed by atoms with Gasteiger partial charge in [-0.1, -0.05) is 17.7 Å². The Morgan fingerprint density at radius 2 is 2.08 bits per heavy atom. The fraction of sp³-hybridized carbons (Fsp3) is 0.118. The summed E-state index contributed by atoms with van der Waals surface area (Å²) in [6.07, 6.45) is 4.72. The minimum Gasteiger partial charge on any atom is -0.364 e. The fourth-order valence-corrected chi connectivity index (χ4v) is 2.61. The number of amides is 1. The molecule has 0 unspecified atom stereocenters. The number of carbonyl (C=O) groups is 2. The maximum atomic E-state index is 12.6. The molecule has 1 amide bonds. The second-order valence-electron chi connectivity index (χ2n) is 5.44. The van der Waals surface area contributed by atoms with Crippen molar-refractivity contribution in [2.45, 2.75) is 6.42 Å². The first-order chi connectivity index (χ1) is 11.9. The third-order valence-electron chi connectivity index (χ3n) is 3.52. The van der Waals surface area contributed by atoms with Gasteiger partial charge in [0, 0.05) is 43.2 Å². The minimum atomic E-state index is -0.671. The second-order valence-corrected chi connectivity index (χ2v) is 5.88. The average molecular weight is 356 g/mol. The molecule has 0 bridgehead atoms. The molecule has 3 aromatic heterocycles. The molecule has 0 saturated carbocycles. The van der Waals surface area contributed by atoms with Crippen LogP contribution in [0.5, 0.6) is 0 Å². The molecular weight excluding hydrogens is 342 g/mol. The molecule has 3 aromatic rings. The Balaban J connectivity index is 1.89. The summed E-state index contributed by atoms with van der Waals surface area (Å²) < 4.78 is 1.45. The number of carbonyl (C=O) groups excluding carboxylic acids is 2. The second kappa shape index (κ2) is 6.82. The molecule has 7 nitrogen and oxygen atoms in total. The van der Waals surface area contributed by atoms with Crippen LogP contribution in [0, 0.1) is 0 Å². The van der Waals surface area contributed by atoms with Crippen LogP contribution >= 0.6 is 11.6 Å². The lowest BCUT2D eigenvalue weighted by molar-refractivity contribution is 0.0986. The molecule has 2 N–H and O–H groups in total. The fourth-order valence-electron chi connectivity index (χ4n) is 2.44. The van der Waals surface area contributed by atoms with Gasteiger partial charge in [0.1, 0.15) is 5.69 Å². The van der Waals surface area contributed by atoms with Crippen molar-refractivity contribution in [3.05, 3.63) is 64.8 Å². The van der Waals surface area contributed by atoms with Gasteiger partial charge in [-0.3, -0.25) is 19.3 Å². The minimum absolute atomic E-state index is 0.0175. The topological polar surface area (TPSA) is 104 Å². The van der Waals surface area contributed by atoms with E-state index in [1.54, 1.807) is 43.7 Å². The number of primary amides is 1. The van der Waals surface area contributed by atoms with E-state index in [-0.39, 0.29) is 23.6 Å². The zero-order valence-electron chi connectivity index (χ0n) is 13.3. The zero-order valence-corrected chi connectivity index (χ0v) is 14.1. The summed E-state index contributed by atoms with van der Waals surface area (Å²) in [5.41, 5.74) is 7.42. The van der Waals surface area contributed by atoms with E-state index in [0.717, 1.165) is 0 Å². The van der Waals surface area contributed by atoms with Gasteiger partial charge in [-0.15, -0.1) is 0 Å². The molecule has 0 aliphatic carbocycles. The number of pyridine rings is 2. The highest BCUT2D eigenvalue weighted by molar-refractivity contribution is 6.30. The van der Waals surface area contributed by atoms with Crippen LogP contribution in [-0.2, 0) is 13.5 Å². The van der Waals surface area contributed by atoms with E-state index in [1.807, 2.05) is 0 Å². The average Bonchev–Trinajstić information content (AvgIpc) is 2.95. The van der Waals surface area contributed by atoms with Gasteiger partial charge in [0.25, 0.3) is 5.91 Å². The quantitative estimate of drug-likeness (QED) is 0.705. The lowest BCUT2D eigenvalue weighted by Gasteiger charge is -2.04. The Kier molecular flexibility index (Phi) is 4.58. The summed E-state index contributed by atoms with van der Waals surface area (Å²) >= 11 is 5.94. The van der Waals surface area contributed by atoms with E-state index in [2.05, 4.69) is 15.1 Å². The lowest BCUT2D eigenvalue weighted by atomic mass is 10.1. The largest absolute Gasteiger partial charge is 0.364 e. The molecule has 3 heterocycles. The number of aromatic nitrogens is 4. The van der Waals surface area contributed by atoms with Gasteiger partial charge in [-0.05, 0) is 18.2 Å². The normalized spacial score (nSPS) is 10.6. The SMILES string of the molecule is Cn1cc(CC(=O)c2cccc(-c3cncc(Cl)c3)n2)c(C(N)=O)n1. The Morgan fingerprint density at radius 1 is 1.28 bits per heavy atom. The molecule has 25 heavy (non-hydrogen) atoms. The van der Waals surface area contributed by atoms with Crippen molar-refractivity contribution in [1.82, 2.24) is 19.7 Å². The van der Waals surface area contributed by atoms with Gasteiger partial charge < -0.3 is 5.73 Å². The van der Waals surface area contributed by atoms with Gasteiger partial charge in [0.05, 0.1) is 10.7 Å². The summed E-state index contributed by atoms with van der Waals surface area (Å²) in [7, 11) is 1.66. The summed E-state index contributed by atoms with van der Waals surface area (Å²) in [6.45, 7) is 0. The molecule has 0 fully saturated rings. The maximum Gasteiger partial charge on any atom is 0.269 e. The highest BCUT2D eigenvalue weighted by Gasteiger charge is 2.18. The van der Waals surface area contributed by atoms with E-state index in [9.17, 15) is 9.59 Å². The summed E-state index contributed by atoms with van der Waals surface area (Å²) in [6, 6.07) is 6.83. The monoisotopic (exact) mass is 355 g/mol. The number of Topliss-reactive ketones (excluding diaryl/α,β-unsaturated/α-hetero) is 1. The van der Waals surface area contributed by atoms with E-state index in [4.69, 9.17) is 17.3 Å². The van der Waals surface area contributed by atoms with Crippen LogP contribution in [-0.4, -0.2) is 31.4 Å². The highest BCUT2D eigenvalue weighted by Crippen LogP contribution is 2.20. The Labute approximate surface area is 148 Å². The molecule has 0 saturated heterocycles. The van der Waals surface area contributed by atoms with Crippen molar-refractivity contribution >= 4 is 23.3 Å². The number of nitrogens with two attached hydrogens (primary N) is 1. The number of halogens is 1. The van der Waals surface area contributed by atoms with E-state index in [0.29, 0.717) is 21.8 Å². The lowest BCUT2D eigenvalue weighted by Crippen LogP contribution is -2.16. The van der Waals surface area contributed by atoms with Crippen LogP contribution < -0.4 is 5.73 Å². The number of ketones is 1. The maximum absolute atomic E-state index is 12.6. The van der Waals surface area contributed by atoms with Gasteiger partial charge >= 0.3 is 0 Å². The van der Waals surface area contributed by atoms with Gasteiger partial charge in [0.15, 0.2) is 11.5 Å². The Hall–Kier alpha value is -3.06. The van der Waals surface area contributed by atoms with Crippen molar-refractivity contribution in [3.63, 3.8) is 0 Å². The van der Waals surface area contributed by atoms with Crippen LogP contribution in [0.2, 0.25) is 5.02 Å². The number of aryl methyl sites for hydroxylation is 1. The molecular formula is C17H14ClN5O2. The third kappa shape index (κ3) is 3.72. The zero-order chi connectivity index (χ0) is 18.0. The summed E-state index contributed by atoms with van der Waals surface area (Å²) in [5, 5.41) is 4.46. The highest BCUT2D eigenvalue weighted by atomic mass is 35.5. The van der Waals surface area contributed by atoms with Gasteiger partial charge in [-0.25, -0.2) is 4.98 Å². The summed E-state index contributed by atoms with van der Waals surface area (Å²) in [4.78, 5) is 32.4. The molecule has 0 spiro atoms. The standard InChI is InChI=1S/C17H14ClN5O2/c1-23-9-11(16(22-23)17(19)25)6-15(24)14-4-2-3-13(21-14)10-5-12(18)8-20-7-10/h2-5,7-9H,6H2,1H3,(H2,19,25). The van der Waals surface area contributed by atoms with Gasteiger partial charge in [-0.2, -0.15) is 5.10 Å². The number of hydrogen-bond donors (Lipinski definition) is 1. The van der Waals surface area contributed by atoms with Crippen LogP contribution in [0.3, 0.4) is 0 Å². The van der Waals surface area contributed by atoms with Crippen molar-refractivity contribution in [1.29, 1.82) is 0 Å². The Morgan fingerprint density at radius 3 is 2.80 bits per heavy atom. The third-order valence-corrected chi connectivity index (χ3v) is 3.73. The Bertz CT molecular complexity index is 967. The predicted molar refractivity (Wildman–Crippen MR) is 92.2 cm³/mol. The molecule has 0 radical (unpaired) electrons. The van der Waals surface area contributed by atoms with E-state index in [1.165, 1.54) is 10.9 Å². The van der Waals surface area contributed by atoms with Crippen molar-refractivity contribution < 1.29 is 9.59 Å². The number of nitrogens with zero attached hydrogens (tertiary/aromatic N) is 4. The molecule has 0 aromatic carbocycles. The van der Waals surface area contributed by atoms with Crippen LogP contribution in [0.25, 0.3) is 11.3 Å². The molecule has 0 aliphatic rings. The van der Waals surface area contributed by atoms with Crippen LogP contribution in [0.4, 0.5) is 0 Å². The first kappa shape index (κ1) is 16.8. The van der Waals surface area contributed by atoms with Crippen molar-refractivity contribution in [2.24, 2.45) is 12.8 Å². The molecule has 0 atom stereocenters. The van der Waals surface area contributed by atoms with Crippen molar-refractivity contribution in [3.8, 4) is 11.3 Å². The number of rotatable bonds is 5. The first-order valence-corrected chi connectivity index (χ1v) is 7.75. The number of hydrogen-bond acceptors (Lipinski definition) is 5. The van der Waals surface area contributed by atoms with Gasteiger partial charge in [0.2, 0.25) is 0 Å². The summed E-state index contributed by atoms with van der Waals surface area (Å²) in [5.74, 6) is -0.914. The van der Waals surface area contributed by atoms with Crippen LogP contribution in [0.1, 0.15) is 26.5 Å². The van der Waals surface area contributed by atoms with Crippen molar-refractivity contribution in [2.75, 3.05) is 0 Å². The smallest absolute Gasteiger partial charge is 0.269 e. The molecule has 0 aliphatic heterocycles. The molecule has 3 rings (SSSR count). The molecule has 126 valence electrons. The van der Waals surface area contributed by atoms with Crippen LogP contribution in [0.15, 0.2) is 42.9 Å². The predicted octanol–water partition coefficient (Wildman–Crippen LogP) is 2.05. The molecule has 8 heteroatoms. The first-order valence-electron chi connectivity index (χ1n) is 7.37. The van der Waals surface area contributed by atoms with E-state index < -0.39 is 5.91 Å². The van der Waals surface area contributed by atoms with E-state index >= 15 is 0 Å².